The van der Waals surface area contributed by atoms with Crippen LogP contribution in [0.4, 0.5) is 0 Å². The van der Waals surface area contributed by atoms with Crippen molar-refractivity contribution in [2.24, 2.45) is 0 Å². The van der Waals surface area contributed by atoms with E-state index in [4.69, 9.17) is 10.2 Å². The summed E-state index contributed by atoms with van der Waals surface area (Å²) in [5, 5.41) is 18.0. The number of nitrogens with zero attached hydrogens (tertiary/aromatic N) is 1. The van der Waals surface area contributed by atoms with Gasteiger partial charge in [-0.2, -0.15) is 0 Å². The Labute approximate surface area is 82.3 Å². The van der Waals surface area contributed by atoms with Crippen LogP contribution >= 0.6 is 0 Å². The van der Waals surface area contributed by atoms with Crippen LogP contribution in [0.15, 0.2) is 0 Å². The third kappa shape index (κ3) is 1.19. The van der Waals surface area contributed by atoms with Gasteiger partial charge in [-0.15, -0.1) is 0 Å². The maximum Gasteiger partial charge on any atom is 0.323 e. The normalized spacial score (nSPS) is 38.5. The van der Waals surface area contributed by atoms with Gasteiger partial charge in [0, 0.05) is 0 Å². The molecule has 0 aromatic rings. The van der Waals surface area contributed by atoms with E-state index in [2.05, 4.69) is 0 Å². The van der Waals surface area contributed by atoms with Gasteiger partial charge in [-0.1, -0.05) is 0 Å². The second-order valence-electron chi connectivity index (χ2n) is 4.22. The van der Waals surface area contributed by atoms with E-state index in [1.54, 1.807) is 20.9 Å². The number of rotatable bonds is 2. The molecule has 1 rings (SSSR count). The van der Waals surface area contributed by atoms with Crippen LogP contribution in [0.25, 0.3) is 0 Å². The van der Waals surface area contributed by atoms with Gasteiger partial charge in [-0.05, 0) is 33.7 Å². The fourth-order valence-electron chi connectivity index (χ4n) is 1.87. The van der Waals surface area contributed by atoms with Gasteiger partial charge >= 0.3 is 11.9 Å². The number of aliphatic carboxylic acids is 2. The van der Waals surface area contributed by atoms with Crippen LogP contribution in [0.3, 0.4) is 0 Å². The molecule has 0 bridgehead atoms. The molecule has 0 aliphatic carbocycles. The highest BCUT2D eigenvalue weighted by molar-refractivity contribution is 5.84. The predicted octanol–water partition coefficient (Wildman–Crippen LogP) is 0.399. The Balaban J connectivity index is 3.05. The first-order valence-electron chi connectivity index (χ1n) is 4.46. The Bertz CT molecular complexity index is 263. The van der Waals surface area contributed by atoms with Gasteiger partial charge in [-0.25, -0.2) is 0 Å². The molecule has 1 fully saturated rings. The third-order valence-corrected chi connectivity index (χ3v) is 3.50. The molecule has 0 aromatic carbocycles. The molecule has 2 atom stereocenters. The Kier molecular flexibility index (Phi) is 2.31. The first-order chi connectivity index (χ1) is 6.25. The topological polar surface area (TPSA) is 77.8 Å². The average molecular weight is 201 g/mol. The van der Waals surface area contributed by atoms with E-state index in [-0.39, 0.29) is 0 Å². The fourth-order valence-corrected chi connectivity index (χ4v) is 1.87. The fraction of sp³-hybridized carbons (Fsp3) is 0.778. The molecule has 2 unspecified atom stereocenters. The number of carboxylic acids is 2. The lowest BCUT2D eigenvalue weighted by molar-refractivity contribution is -0.156. The van der Waals surface area contributed by atoms with Crippen molar-refractivity contribution < 1.29 is 19.8 Å². The van der Waals surface area contributed by atoms with Crippen molar-refractivity contribution >= 4 is 11.9 Å². The van der Waals surface area contributed by atoms with Crippen molar-refractivity contribution in [2.45, 2.75) is 37.8 Å². The van der Waals surface area contributed by atoms with Gasteiger partial charge < -0.3 is 10.2 Å². The highest BCUT2D eigenvalue weighted by Crippen LogP contribution is 2.39. The zero-order valence-electron chi connectivity index (χ0n) is 8.57. The second-order valence-corrected chi connectivity index (χ2v) is 4.22. The highest BCUT2D eigenvalue weighted by atomic mass is 16.4. The summed E-state index contributed by atoms with van der Waals surface area (Å²) in [6.45, 7) is 3.12. The molecular weight excluding hydrogens is 186 g/mol. The predicted molar refractivity (Wildman–Crippen MR) is 49.1 cm³/mol. The summed E-state index contributed by atoms with van der Waals surface area (Å²) in [5.41, 5.74) is -2.12. The van der Waals surface area contributed by atoms with Gasteiger partial charge in [0.15, 0.2) is 0 Å². The summed E-state index contributed by atoms with van der Waals surface area (Å²) >= 11 is 0. The summed E-state index contributed by atoms with van der Waals surface area (Å²) in [6, 6.07) is 0. The molecule has 14 heavy (non-hydrogen) atoms. The number of carbonyl (C=O) groups is 2. The number of hydrogen-bond acceptors (Lipinski definition) is 3. The van der Waals surface area contributed by atoms with Gasteiger partial charge in [0.2, 0.25) is 0 Å². The number of carboxylic acid groups (broad SMARTS) is 2. The van der Waals surface area contributed by atoms with E-state index in [0.29, 0.717) is 12.8 Å². The standard InChI is InChI=1S/C9H15NO4/c1-8(6(11)12)4-5-9(2,7(13)14)10(8)3/h4-5H2,1-3H3,(H,11,12)(H,13,14). The second kappa shape index (κ2) is 2.95. The molecule has 1 saturated heterocycles. The molecule has 0 saturated carbocycles. The van der Waals surface area contributed by atoms with Gasteiger partial charge in [0.25, 0.3) is 0 Å². The minimum atomic E-state index is -1.06. The van der Waals surface area contributed by atoms with Crippen LogP contribution in [0, 0.1) is 0 Å². The molecule has 5 nitrogen and oxygen atoms in total. The van der Waals surface area contributed by atoms with E-state index in [0.717, 1.165) is 0 Å². The first kappa shape index (κ1) is 11.0. The van der Waals surface area contributed by atoms with Crippen LogP contribution in [0.5, 0.6) is 0 Å². The molecular formula is C9H15NO4. The van der Waals surface area contributed by atoms with Crippen molar-refractivity contribution in [2.75, 3.05) is 7.05 Å². The zero-order chi connectivity index (χ0) is 11.1. The van der Waals surface area contributed by atoms with Crippen LogP contribution in [0.1, 0.15) is 26.7 Å². The lowest BCUT2D eigenvalue weighted by Gasteiger charge is -2.35. The monoisotopic (exact) mass is 201 g/mol. The van der Waals surface area contributed by atoms with Crippen molar-refractivity contribution in [3.05, 3.63) is 0 Å². The molecule has 0 spiro atoms. The minimum Gasteiger partial charge on any atom is -0.480 e. The largest absolute Gasteiger partial charge is 0.480 e. The molecule has 0 radical (unpaired) electrons. The Morgan fingerprint density at radius 3 is 1.50 bits per heavy atom. The number of likely N-dealkylation sites (N-methyl/N-ethyl adjacent to an activating group) is 1. The van der Waals surface area contributed by atoms with E-state index in [9.17, 15) is 9.59 Å². The molecule has 80 valence electrons. The minimum absolute atomic E-state index is 0.363. The lowest BCUT2D eigenvalue weighted by atomic mass is 9.98. The molecule has 0 amide bonds. The van der Waals surface area contributed by atoms with Crippen LogP contribution in [-0.4, -0.2) is 45.2 Å². The molecule has 2 N–H and O–H groups in total. The summed E-state index contributed by atoms with van der Waals surface area (Å²) in [6.07, 6.45) is 0.725. The number of likely N-dealkylation sites (tertiary alicyclic amines) is 1. The van der Waals surface area contributed by atoms with Crippen molar-refractivity contribution in [3.63, 3.8) is 0 Å². The number of hydrogen-bond donors (Lipinski definition) is 2. The zero-order valence-corrected chi connectivity index (χ0v) is 8.57. The molecule has 5 heteroatoms. The lowest BCUT2D eigenvalue weighted by Crippen LogP contribution is -2.56. The van der Waals surface area contributed by atoms with Gasteiger partial charge in [-0.3, -0.25) is 14.5 Å². The molecule has 1 aliphatic rings. The van der Waals surface area contributed by atoms with Crippen molar-refractivity contribution in [1.82, 2.24) is 4.90 Å². The summed E-state index contributed by atoms with van der Waals surface area (Å²) in [7, 11) is 1.55. The SMILES string of the molecule is CN1C(C)(C(=O)O)CCC1(C)C(=O)O. The van der Waals surface area contributed by atoms with E-state index in [1.807, 2.05) is 0 Å². The summed E-state index contributed by atoms with van der Waals surface area (Å²) in [4.78, 5) is 23.5. The van der Waals surface area contributed by atoms with Gasteiger partial charge in [0.1, 0.15) is 11.1 Å². The Morgan fingerprint density at radius 1 is 1.07 bits per heavy atom. The Morgan fingerprint density at radius 2 is 1.36 bits per heavy atom. The van der Waals surface area contributed by atoms with E-state index < -0.39 is 23.0 Å². The van der Waals surface area contributed by atoms with Crippen LogP contribution in [0.2, 0.25) is 0 Å². The van der Waals surface area contributed by atoms with Crippen molar-refractivity contribution in [3.8, 4) is 0 Å². The smallest absolute Gasteiger partial charge is 0.323 e. The third-order valence-electron chi connectivity index (χ3n) is 3.50. The summed E-state index contributed by atoms with van der Waals surface area (Å²) < 4.78 is 0. The Hall–Kier alpha value is -1.10. The van der Waals surface area contributed by atoms with Crippen LogP contribution < -0.4 is 0 Å². The highest BCUT2D eigenvalue weighted by Gasteiger charge is 2.55. The maximum atomic E-state index is 11.0. The average Bonchev–Trinajstić information content (AvgIpc) is 2.32. The van der Waals surface area contributed by atoms with E-state index >= 15 is 0 Å². The molecule has 1 heterocycles. The maximum absolute atomic E-state index is 11.0. The van der Waals surface area contributed by atoms with Crippen molar-refractivity contribution in [1.29, 1.82) is 0 Å². The first-order valence-corrected chi connectivity index (χ1v) is 4.46. The quantitative estimate of drug-likeness (QED) is 0.676. The molecule has 0 aromatic heterocycles. The van der Waals surface area contributed by atoms with E-state index in [1.165, 1.54) is 4.90 Å². The molecule has 1 aliphatic heterocycles. The van der Waals surface area contributed by atoms with Gasteiger partial charge in [0.05, 0.1) is 0 Å². The summed E-state index contributed by atoms with van der Waals surface area (Å²) in [5.74, 6) is -1.94. The van der Waals surface area contributed by atoms with Crippen LogP contribution in [-0.2, 0) is 9.59 Å².